The van der Waals surface area contributed by atoms with Gasteiger partial charge in [-0.2, -0.15) is 5.11 Å². The summed E-state index contributed by atoms with van der Waals surface area (Å²) in [5, 5.41) is 9.50. The molecule has 0 saturated heterocycles. The third kappa shape index (κ3) is 9.21. The summed E-state index contributed by atoms with van der Waals surface area (Å²) in [6.45, 7) is 11.8. The molecule has 3 rings (SSSR count). The maximum atomic E-state index is 6.22. The zero-order chi connectivity index (χ0) is 28.7. The third-order valence-corrected chi connectivity index (χ3v) is 7.59. The summed E-state index contributed by atoms with van der Waals surface area (Å²) >= 11 is 0. The molecule has 3 aromatic rings. The van der Waals surface area contributed by atoms with E-state index in [1.54, 1.807) is 7.11 Å². The van der Waals surface area contributed by atoms with E-state index < -0.39 is 0 Å². The maximum absolute atomic E-state index is 6.22. The summed E-state index contributed by atoms with van der Waals surface area (Å²) in [7, 11) is 1.70. The van der Waals surface area contributed by atoms with Gasteiger partial charge in [0, 0.05) is 0 Å². The molecule has 0 aliphatic rings. The molecule has 4 nitrogen and oxygen atoms in total. The fraction of sp³-hybridized carbons (Fsp3) is 0.500. The van der Waals surface area contributed by atoms with Crippen molar-refractivity contribution in [3.8, 4) is 22.6 Å². The van der Waals surface area contributed by atoms with Gasteiger partial charge >= 0.3 is 0 Å². The van der Waals surface area contributed by atoms with Crippen LogP contribution >= 0.6 is 0 Å². The van der Waals surface area contributed by atoms with Gasteiger partial charge in [-0.05, 0) is 95.5 Å². The fourth-order valence-corrected chi connectivity index (χ4v) is 5.08. The highest BCUT2D eigenvalue weighted by atomic mass is 16.5. The first-order valence-electron chi connectivity index (χ1n) is 15.5. The van der Waals surface area contributed by atoms with E-state index in [0.29, 0.717) is 5.92 Å². The number of hydrogen-bond acceptors (Lipinski definition) is 4. The lowest BCUT2D eigenvalue weighted by Gasteiger charge is -2.15. The van der Waals surface area contributed by atoms with Gasteiger partial charge in [0.1, 0.15) is 11.5 Å². The van der Waals surface area contributed by atoms with E-state index >= 15 is 0 Å². The smallest absolute Gasteiger partial charge is 0.122 e. The molecule has 0 atom stereocenters. The van der Waals surface area contributed by atoms with Crippen molar-refractivity contribution in [2.24, 2.45) is 10.2 Å². The number of rotatable bonds is 17. The first-order chi connectivity index (χ1) is 19.5. The highest BCUT2D eigenvalue weighted by Gasteiger charge is 2.12. The van der Waals surface area contributed by atoms with E-state index in [0.717, 1.165) is 48.7 Å². The van der Waals surface area contributed by atoms with Crippen molar-refractivity contribution < 1.29 is 9.47 Å². The van der Waals surface area contributed by atoms with Crippen LogP contribution in [-0.4, -0.2) is 13.7 Å². The van der Waals surface area contributed by atoms with Gasteiger partial charge in [0.25, 0.3) is 0 Å². The van der Waals surface area contributed by atoms with Crippen molar-refractivity contribution in [2.45, 2.75) is 105 Å². The molecule has 216 valence electrons. The lowest BCUT2D eigenvalue weighted by atomic mass is 9.95. The predicted octanol–water partition coefficient (Wildman–Crippen LogP) is 11.5. The summed E-state index contributed by atoms with van der Waals surface area (Å²) in [5.41, 5.74) is 7.85. The molecule has 0 aromatic heterocycles. The minimum Gasteiger partial charge on any atom is -0.497 e. The molecule has 0 aliphatic carbocycles. The molecule has 0 fully saturated rings. The SMILES string of the molecule is CCCCCCCCCCOc1ccc(N=Nc2c(CC)cc(-c3ccc(OC)cc3)cc2CC)cc1C(C)C. The summed E-state index contributed by atoms with van der Waals surface area (Å²) in [4.78, 5) is 0. The molecule has 0 unspecified atom stereocenters. The Balaban J connectivity index is 1.70. The second kappa shape index (κ2) is 16.8. The minimum absolute atomic E-state index is 0.352. The van der Waals surface area contributed by atoms with E-state index in [9.17, 15) is 0 Å². The fourth-order valence-electron chi connectivity index (χ4n) is 5.08. The lowest BCUT2D eigenvalue weighted by molar-refractivity contribution is 0.300. The van der Waals surface area contributed by atoms with Crippen LogP contribution in [0, 0.1) is 0 Å². The van der Waals surface area contributed by atoms with E-state index in [1.165, 1.54) is 72.8 Å². The number of ether oxygens (including phenoxy) is 2. The Morgan fingerprint density at radius 1 is 0.675 bits per heavy atom. The predicted molar refractivity (Wildman–Crippen MR) is 170 cm³/mol. The molecule has 0 bridgehead atoms. The second-order valence-electron chi connectivity index (χ2n) is 11.0. The number of benzene rings is 3. The average molecular weight is 543 g/mol. The zero-order valence-electron chi connectivity index (χ0n) is 25.8. The Morgan fingerprint density at radius 2 is 1.30 bits per heavy atom. The monoisotopic (exact) mass is 542 g/mol. The van der Waals surface area contributed by atoms with E-state index in [-0.39, 0.29) is 0 Å². The van der Waals surface area contributed by atoms with Gasteiger partial charge < -0.3 is 9.47 Å². The first kappa shape index (κ1) is 31.4. The Kier molecular flexibility index (Phi) is 13.2. The molecule has 0 saturated carbocycles. The van der Waals surface area contributed by atoms with Crippen LogP contribution in [-0.2, 0) is 12.8 Å². The Bertz CT molecular complexity index is 1170. The van der Waals surface area contributed by atoms with Crippen LogP contribution in [0.5, 0.6) is 11.5 Å². The van der Waals surface area contributed by atoms with Gasteiger partial charge in [-0.25, -0.2) is 0 Å². The van der Waals surface area contributed by atoms with Gasteiger partial charge in [-0.3, -0.25) is 0 Å². The topological polar surface area (TPSA) is 43.2 Å². The lowest BCUT2D eigenvalue weighted by Crippen LogP contribution is -2.01. The first-order valence-corrected chi connectivity index (χ1v) is 15.5. The Hall–Kier alpha value is -3.14. The molecule has 40 heavy (non-hydrogen) atoms. The van der Waals surface area contributed by atoms with Crippen LogP contribution in [0.4, 0.5) is 11.4 Å². The van der Waals surface area contributed by atoms with Crippen LogP contribution in [0.1, 0.15) is 109 Å². The number of unbranched alkanes of at least 4 members (excludes halogenated alkanes) is 7. The van der Waals surface area contributed by atoms with Crippen molar-refractivity contribution in [2.75, 3.05) is 13.7 Å². The van der Waals surface area contributed by atoms with Crippen molar-refractivity contribution in [1.29, 1.82) is 0 Å². The summed E-state index contributed by atoms with van der Waals surface area (Å²) in [5.74, 6) is 2.19. The number of azo groups is 1. The molecular formula is C36H50N2O2. The Morgan fingerprint density at radius 3 is 1.88 bits per heavy atom. The maximum Gasteiger partial charge on any atom is 0.122 e. The number of methoxy groups -OCH3 is 1. The van der Waals surface area contributed by atoms with Gasteiger partial charge in [0.2, 0.25) is 0 Å². The summed E-state index contributed by atoms with van der Waals surface area (Å²) in [6, 6.07) is 19.0. The molecule has 4 heteroatoms. The molecule has 0 radical (unpaired) electrons. The quantitative estimate of drug-likeness (QED) is 0.126. The number of nitrogens with zero attached hydrogens (tertiary/aromatic N) is 2. The normalized spacial score (nSPS) is 11.5. The zero-order valence-corrected chi connectivity index (χ0v) is 25.8. The van der Waals surface area contributed by atoms with Crippen molar-refractivity contribution in [1.82, 2.24) is 0 Å². The van der Waals surface area contributed by atoms with Gasteiger partial charge in [-0.15, -0.1) is 5.11 Å². The molecule has 0 aliphatic heterocycles. The number of aryl methyl sites for hydroxylation is 2. The standard InChI is InChI=1S/C36H50N2O2/c1-7-10-11-12-13-14-15-16-23-40-35-22-19-32(26-34(35)27(4)5)37-38-36-28(8-2)24-31(25-29(36)9-3)30-17-20-33(39-6)21-18-30/h17-22,24-27H,7-16,23H2,1-6H3. The highest BCUT2D eigenvalue weighted by Crippen LogP contribution is 2.35. The second-order valence-corrected chi connectivity index (χ2v) is 11.0. The Labute approximate surface area is 243 Å². The molecular weight excluding hydrogens is 492 g/mol. The van der Waals surface area contributed by atoms with Crippen LogP contribution < -0.4 is 9.47 Å². The van der Waals surface area contributed by atoms with Crippen LogP contribution in [0.3, 0.4) is 0 Å². The van der Waals surface area contributed by atoms with Crippen molar-refractivity contribution in [3.63, 3.8) is 0 Å². The molecule has 0 spiro atoms. The molecule has 3 aromatic carbocycles. The number of hydrogen-bond donors (Lipinski definition) is 0. The van der Waals surface area contributed by atoms with Crippen LogP contribution in [0.15, 0.2) is 64.8 Å². The van der Waals surface area contributed by atoms with E-state index in [1.807, 2.05) is 18.2 Å². The van der Waals surface area contributed by atoms with Gasteiger partial charge in [-0.1, -0.05) is 91.7 Å². The molecule has 0 amide bonds. The van der Waals surface area contributed by atoms with E-state index in [4.69, 9.17) is 19.7 Å². The van der Waals surface area contributed by atoms with Gasteiger partial charge in [0.15, 0.2) is 0 Å². The summed E-state index contributed by atoms with van der Waals surface area (Å²) < 4.78 is 11.6. The van der Waals surface area contributed by atoms with Crippen molar-refractivity contribution >= 4 is 11.4 Å². The molecule has 0 heterocycles. The third-order valence-electron chi connectivity index (χ3n) is 7.59. The molecule has 0 N–H and O–H groups in total. The largest absolute Gasteiger partial charge is 0.497 e. The van der Waals surface area contributed by atoms with E-state index in [2.05, 4.69) is 71.0 Å². The van der Waals surface area contributed by atoms with Crippen molar-refractivity contribution in [3.05, 3.63) is 71.3 Å². The summed E-state index contributed by atoms with van der Waals surface area (Å²) in [6.07, 6.45) is 12.2. The van der Waals surface area contributed by atoms with Crippen LogP contribution in [0.2, 0.25) is 0 Å². The average Bonchev–Trinajstić information content (AvgIpc) is 2.99. The minimum atomic E-state index is 0.352. The highest BCUT2D eigenvalue weighted by molar-refractivity contribution is 5.71. The van der Waals surface area contributed by atoms with Gasteiger partial charge in [0.05, 0.1) is 25.1 Å². The van der Waals surface area contributed by atoms with Crippen LogP contribution in [0.25, 0.3) is 11.1 Å².